The molecule has 0 bridgehead atoms. The van der Waals surface area contributed by atoms with Crippen molar-refractivity contribution in [3.8, 4) is 5.88 Å². The molecule has 1 heterocycles. The Morgan fingerprint density at radius 1 is 1.19 bits per heavy atom. The molecule has 21 heavy (non-hydrogen) atoms. The maximum absolute atomic E-state index is 12.5. The molecular weight excluding hydrogens is 324 g/mol. The first-order valence-electron chi connectivity index (χ1n) is 4.63. The second-order valence-corrected chi connectivity index (χ2v) is 3.35. The number of halogens is 8. The van der Waals surface area contributed by atoms with E-state index in [0.717, 1.165) is 0 Å². The average Bonchev–Trinajstić information content (AvgIpc) is 2.23. The van der Waals surface area contributed by atoms with Gasteiger partial charge >= 0.3 is 18.2 Å². The molecule has 1 rings (SSSR count). The summed E-state index contributed by atoms with van der Waals surface area (Å²) in [5.41, 5.74) is -6.53. The van der Waals surface area contributed by atoms with Gasteiger partial charge in [-0.3, -0.25) is 10.1 Å². The molecule has 0 saturated carbocycles. The summed E-state index contributed by atoms with van der Waals surface area (Å²) in [7, 11) is 0. The Morgan fingerprint density at radius 2 is 1.71 bits per heavy atom. The molecule has 0 aliphatic rings. The van der Waals surface area contributed by atoms with E-state index in [4.69, 9.17) is 0 Å². The van der Waals surface area contributed by atoms with Crippen LogP contribution in [0.3, 0.4) is 0 Å². The van der Waals surface area contributed by atoms with Gasteiger partial charge in [0.2, 0.25) is 11.6 Å². The van der Waals surface area contributed by atoms with Crippen LogP contribution in [0.25, 0.3) is 0 Å². The predicted octanol–water partition coefficient (Wildman–Crippen LogP) is 3.84. The smallest absolute Gasteiger partial charge is 0.388 e. The molecule has 5 nitrogen and oxygen atoms in total. The second-order valence-electron chi connectivity index (χ2n) is 3.35. The van der Waals surface area contributed by atoms with Crippen molar-refractivity contribution in [3.05, 3.63) is 27.4 Å². The first-order valence-corrected chi connectivity index (χ1v) is 4.63. The third kappa shape index (κ3) is 4.13. The van der Waals surface area contributed by atoms with Crippen molar-refractivity contribution in [1.29, 1.82) is 0 Å². The van der Waals surface area contributed by atoms with E-state index < -0.39 is 46.7 Å². The molecule has 0 aliphatic carbocycles. The molecule has 0 radical (unpaired) electrons. The van der Waals surface area contributed by atoms with Crippen LogP contribution in [0.15, 0.2) is 6.07 Å². The molecule has 0 amide bonds. The fourth-order valence-corrected chi connectivity index (χ4v) is 1.26. The number of nitro groups is 1. The van der Waals surface area contributed by atoms with E-state index in [1.54, 1.807) is 0 Å². The van der Waals surface area contributed by atoms with Crippen molar-refractivity contribution in [2.24, 2.45) is 0 Å². The number of aromatic nitrogens is 1. The summed E-state index contributed by atoms with van der Waals surface area (Å²) < 4.78 is 101. The van der Waals surface area contributed by atoms with Crippen LogP contribution in [0.2, 0.25) is 0 Å². The lowest BCUT2D eigenvalue weighted by Gasteiger charge is -2.13. The zero-order chi connectivity index (χ0) is 16.6. The molecule has 0 unspecified atom stereocenters. The van der Waals surface area contributed by atoms with E-state index in [9.17, 15) is 45.2 Å². The van der Waals surface area contributed by atoms with Gasteiger partial charge < -0.3 is 4.74 Å². The molecule has 1 aromatic heterocycles. The highest BCUT2D eigenvalue weighted by molar-refractivity contribution is 5.49. The molecule has 13 heteroatoms. The first-order chi connectivity index (χ1) is 9.33. The molecule has 1 aromatic rings. The van der Waals surface area contributed by atoms with E-state index in [1.807, 2.05) is 0 Å². The first kappa shape index (κ1) is 16.8. The van der Waals surface area contributed by atoms with Crippen molar-refractivity contribution in [2.75, 3.05) is 0 Å². The lowest BCUT2D eigenvalue weighted by molar-refractivity contribution is -0.390. The van der Waals surface area contributed by atoms with Crippen LogP contribution in [0.5, 0.6) is 5.88 Å². The van der Waals surface area contributed by atoms with E-state index >= 15 is 0 Å². The number of alkyl halides is 8. The summed E-state index contributed by atoms with van der Waals surface area (Å²) >= 11 is 0. The SMILES string of the molecule is O=[N+]([O-])c1c(C(F)F)cc(OC(F)(F)F)nc1C(F)(F)F. The summed E-state index contributed by atoms with van der Waals surface area (Å²) in [6.07, 6.45) is -15.0. The van der Waals surface area contributed by atoms with Crippen molar-refractivity contribution in [2.45, 2.75) is 19.0 Å². The Bertz CT molecular complexity index is 554. The molecule has 0 N–H and O–H groups in total. The fraction of sp³-hybridized carbons (Fsp3) is 0.375. The minimum atomic E-state index is -5.63. The maximum Gasteiger partial charge on any atom is 0.574 e. The van der Waals surface area contributed by atoms with Crippen molar-refractivity contribution >= 4 is 5.69 Å². The summed E-state index contributed by atoms with van der Waals surface area (Å²) in [4.78, 5) is 10.9. The zero-order valence-corrected chi connectivity index (χ0v) is 9.30. The van der Waals surface area contributed by atoms with Crippen molar-refractivity contribution in [1.82, 2.24) is 4.98 Å². The standard InChI is InChI=1S/C8H2F8N2O3/c9-6(10)2-1-3(21-8(14,15)16)17-5(7(11,12)13)4(2)18(19)20/h1,6H. The molecule has 0 spiro atoms. The van der Waals surface area contributed by atoms with Gasteiger partial charge in [0.1, 0.15) is 5.56 Å². The van der Waals surface area contributed by atoms with Gasteiger partial charge in [-0.25, -0.2) is 13.8 Å². The summed E-state index contributed by atoms with van der Waals surface area (Å²) in [5, 5.41) is 10.5. The number of pyridine rings is 1. The third-order valence-electron chi connectivity index (χ3n) is 1.91. The Hall–Kier alpha value is -2.21. The van der Waals surface area contributed by atoms with Crippen LogP contribution in [0.1, 0.15) is 17.7 Å². The monoisotopic (exact) mass is 326 g/mol. The van der Waals surface area contributed by atoms with Crippen LogP contribution in [0.4, 0.5) is 40.8 Å². The molecule has 0 saturated heterocycles. The minimum absolute atomic E-state index is 0.272. The predicted molar refractivity (Wildman–Crippen MR) is 47.5 cm³/mol. The van der Waals surface area contributed by atoms with Gasteiger partial charge in [-0.2, -0.15) is 13.2 Å². The van der Waals surface area contributed by atoms with Crippen molar-refractivity contribution in [3.63, 3.8) is 0 Å². The van der Waals surface area contributed by atoms with Crippen LogP contribution < -0.4 is 4.74 Å². The quantitative estimate of drug-likeness (QED) is 0.481. The molecule has 0 aromatic carbocycles. The Kier molecular flexibility index (Phi) is 4.24. The summed E-state index contributed by atoms with van der Waals surface area (Å²) in [5.74, 6) is -1.88. The van der Waals surface area contributed by atoms with Crippen LogP contribution in [0, 0.1) is 10.1 Å². The van der Waals surface area contributed by atoms with E-state index in [-0.39, 0.29) is 6.07 Å². The van der Waals surface area contributed by atoms with Gasteiger partial charge in [0.15, 0.2) is 0 Å². The normalized spacial score (nSPS) is 12.6. The Balaban J connectivity index is 3.62. The van der Waals surface area contributed by atoms with Gasteiger partial charge in [-0.1, -0.05) is 0 Å². The number of nitrogens with zero attached hydrogens (tertiary/aromatic N) is 2. The van der Waals surface area contributed by atoms with Gasteiger partial charge in [-0.05, 0) is 0 Å². The van der Waals surface area contributed by atoms with Crippen LogP contribution in [-0.2, 0) is 6.18 Å². The van der Waals surface area contributed by atoms with Gasteiger partial charge in [-0.15, -0.1) is 13.2 Å². The largest absolute Gasteiger partial charge is 0.574 e. The zero-order valence-electron chi connectivity index (χ0n) is 9.30. The van der Waals surface area contributed by atoms with Crippen LogP contribution >= 0.6 is 0 Å². The van der Waals surface area contributed by atoms with Gasteiger partial charge in [0, 0.05) is 6.07 Å². The Labute approximate surface area is 109 Å². The number of hydrogen-bond acceptors (Lipinski definition) is 4. The van der Waals surface area contributed by atoms with Gasteiger partial charge in [0.05, 0.1) is 4.92 Å². The minimum Gasteiger partial charge on any atom is -0.388 e. The average molecular weight is 326 g/mol. The number of rotatable bonds is 3. The van der Waals surface area contributed by atoms with E-state index in [1.165, 1.54) is 0 Å². The topological polar surface area (TPSA) is 65.3 Å². The van der Waals surface area contributed by atoms with Gasteiger partial charge in [0.25, 0.3) is 6.43 Å². The van der Waals surface area contributed by atoms with Crippen LogP contribution in [-0.4, -0.2) is 16.3 Å². The Morgan fingerprint density at radius 3 is 2.05 bits per heavy atom. The van der Waals surface area contributed by atoms with Crippen molar-refractivity contribution < 1.29 is 44.8 Å². The second kappa shape index (κ2) is 5.29. The molecule has 0 atom stereocenters. The highest BCUT2D eigenvalue weighted by Gasteiger charge is 2.45. The lowest BCUT2D eigenvalue weighted by Crippen LogP contribution is -2.21. The molecular formula is C8H2F8N2O3. The highest BCUT2D eigenvalue weighted by atomic mass is 19.4. The number of hydrogen-bond donors (Lipinski definition) is 0. The van der Waals surface area contributed by atoms with E-state index in [0.29, 0.717) is 0 Å². The highest BCUT2D eigenvalue weighted by Crippen LogP contribution is 2.42. The molecule has 0 aliphatic heterocycles. The summed E-state index contributed by atoms with van der Waals surface area (Å²) in [6, 6.07) is -0.272. The summed E-state index contributed by atoms with van der Waals surface area (Å²) in [6.45, 7) is 0. The molecule has 118 valence electrons. The van der Waals surface area contributed by atoms with E-state index in [2.05, 4.69) is 9.72 Å². The fourth-order valence-electron chi connectivity index (χ4n) is 1.26. The maximum atomic E-state index is 12.5. The third-order valence-corrected chi connectivity index (χ3v) is 1.91. The lowest BCUT2D eigenvalue weighted by atomic mass is 10.1. The number of ether oxygens (including phenoxy) is 1. The molecule has 0 fully saturated rings.